The van der Waals surface area contributed by atoms with Crippen LogP contribution in [0.1, 0.15) is 25.3 Å². The lowest BCUT2D eigenvalue weighted by Crippen LogP contribution is -2.25. The van der Waals surface area contributed by atoms with E-state index in [2.05, 4.69) is 17.1 Å². The summed E-state index contributed by atoms with van der Waals surface area (Å²) >= 11 is 4.93. The lowest BCUT2D eigenvalue weighted by atomic mass is 10.2. The molecule has 1 heterocycles. The number of nitrogens with two attached hydrogens (primary N) is 1. The van der Waals surface area contributed by atoms with Gasteiger partial charge in [-0.1, -0.05) is 31.3 Å². The van der Waals surface area contributed by atoms with Crippen LogP contribution in [0.5, 0.6) is 0 Å². The Balaban J connectivity index is 1.82. The van der Waals surface area contributed by atoms with E-state index in [-0.39, 0.29) is 5.91 Å². The van der Waals surface area contributed by atoms with Gasteiger partial charge in [0.1, 0.15) is 4.99 Å². The van der Waals surface area contributed by atoms with Crippen LogP contribution in [0.25, 0.3) is 0 Å². The van der Waals surface area contributed by atoms with Crippen LogP contribution in [0.2, 0.25) is 0 Å². The zero-order valence-corrected chi connectivity index (χ0v) is 12.6. The first-order chi connectivity index (χ1) is 9.54. The minimum Gasteiger partial charge on any atom is -0.389 e. The average Bonchev–Trinajstić information content (AvgIpc) is 2.82. The van der Waals surface area contributed by atoms with Crippen LogP contribution in [-0.4, -0.2) is 35.4 Å². The molecule has 1 unspecified atom stereocenters. The molecule has 1 atom stereocenters. The number of rotatable bonds is 5. The number of carbonyl (C=O) groups is 1. The summed E-state index contributed by atoms with van der Waals surface area (Å²) in [6.07, 6.45) is 1.75. The number of amides is 1. The molecule has 1 aliphatic rings. The molecule has 1 aromatic carbocycles. The van der Waals surface area contributed by atoms with Crippen molar-refractivity contribution in [2.45, 2.75) is 19.8 Å². The van der Waals surface area contributed by atoms with Crippen LogP contribution >= 0.6 is 12.2 Å². The van der Waals surface area contributed by atoms with Crippen molar-refractivity contribution in [1.82, 2.24) is 4.90 Å². The zero-order valence-electron chi connectivity index (χ0n) is 11.8. The van der Waals surface area contributed by atoms with Gasteiger partial charge in [-0.15, -0.1) is 0 Å². The molecule has 4 nitrogen and oxygen atoms in total. The molecular weight excluding hydrogens is 270 g/mol. The van der Waals surface area contributed by atoms with Gasteiger partial charge in [0.05, 0.1) is 0 Å². The van der Waals surface area contributed by atoms with Crippen LogP contribution in [0, 0.1) is 5.92 Å². The summed E-state index contributed by atoms with van der Waals surface area (Å²) in [4.78, 5) is 14.6. The van der Waals surface area contributed by atoms with E-state index in [9.17, 15) is 4.79 Å². The largest absolute Gasteiger partial charge is 0.389 e. The predicted molar refractivity (Wildman–Crippen MR) is 85.8 cm³/mol. The molecule has 1 fully saturated rings. The third kappa shape index (κ3) is 4.28. The van der Waals surface area contributed by atoms with Crippen LogP contribution in [0.15, 0.2) is 24.3 Å². The van der Waals surface area contributed by atoms with E-state index >= 15 is 0 Å². The Labute approximate surface area is 125 Å². The molecule has 1 saturated heterocycles. The van der Waals surface area contributed by atoms with Gasteiger partial charge in [0.15, 0.2) is 0 Å². The van der Waals surface area contributed by atoms with Crippen molar-refractivity contribution in [2.75, 3.05) is 25.0 Å². The number of benzene rings is 1. The Morgan fingerprint density at radius 1 is 1.55 bits per heavy atom. The topological polar surface area (TPSA) is 58.4 Å². The number of nitrogens with one attached hydrogen (secondary N) is 1. The highest BCUT2D eigenvalue weighted by Gasteiger charge is 2.18. The van der Waals surface area contributed by atoms with Crippen molar-refractivity contribution in [1.29, 1.82) is 0 Å². The predicted octanol–water partition coefficient (Wildman–Crippen LogP) is 1.99. The highest BCUT2D eigenvalue weighted by Crippen LogP contribution is 2.15. The van der Waals surface area contributed by atoms with Crippen molar-refractivity contribution in [3.05, 3.63) is 29.8 Å². The molecule has 1 aliphatic heterocycles. The molecule has 0 aliphatic carbocycles. The van der Waals surface area contributed by atoms with Crippen LogP contribution in [0.3, 0.4) is 0 Å². The second-order valence-electron chi connectivity index (χ2n) is 5.44. The second kappa shape index (κ2) is 6.81. The van der Waals surface area contributed by atoms with E-state index in [0.717, 1.165) is 36.8 Å². The average molecular weight is 291 g/mol. The van der Waals surface area contributed by atoms with Crippen LogP contribution in [-0.2, 0) is 4.79 Å². The first-order valence-corrected chi connectivity index (χ1v) is 7.37. The SMILES string of the molecule is CC1CCN(CCC(=O)Nc2cccc(C(N)=S)c2)C1. The Morgan fingerprint density at radius 3 is 3.00 bits per heavy atom. The van der Waals surface area contributed by atoms with Crippen molar-refractivity contribution in [3.63, 3.8) is 0 Å². The van der Waals surface area contributed by atoms with E-state index in [1.54, 1.807) is 6.07 Å². The monoisotopic (exact) mass is 291 g/mol. The van der Waals surface area contributed by atoms with Crippen LogP contribution < -0.4 is 11.1 Å². The van der Waals surface area contributed by atoms with E-state index in [1.807, 2.05) is 18.2 Å². The highest BCUT2D eigenvalue weighted by molar-refractivity contribution is 7.80. The highest BCUT2D eigenvalue weighted by atomic mass is 32.1. The van der Waals surface area contributed by atoms with Gasteiger partial charge in [-0.25, -0.2) is 0 Å². The number of likely N-dealkylation sites (tertiary alicyclic amines) is 1. The van der Waals surface area contributed by atoms with E-state index in [4.69, 9.17) is 18.0 Å². The molecule has 1 aromatic rings. The molecule has 2 rings (SSSR count). The van der Waals surface area contributed by atoms with Crippen molar-refractivity contribution >= 4 is 28.8 Å². The van der Waals surface area contributed by atoms with E-state index in [1.165, 1.54) is 6.42 Å². The summed E-state index contributed by atoms with van der Waals surface area (Å²) in [5, 5.41) is 2.89. The minimum absolute atomic E-state index is 0.0321. The molecule has 0 bridgehead atoms. The van der Waals surface area contributed by atoms with Gasteiger partial charge in [0.2, 0.25) is 5.91 Å². The molecule has 108 valence electrons. The molecule has 5 heteroatoms. The van der Waals surface area contributed by atoms with Gasteiger partial charge in [0, 0.05) is 30.8 Å². The normalized spacial score (nSPS) is 18.9. The van der Waals surface area contributed by atoms with Gasteiger partial charge < -0.3 is 16.0 Å². The van der Waals surface area contributed by atoms with E-state index < -0.39 is 0 Å². The maximum absolute atomic E-state index is 11.9. The van der Waals surface area contributed by atoms with Crippen molar-refractivity contribution in [3.8, 4) is 0 Å². The number of thiocarbonyl (C=S) groups is 1. The first kappa shape index (κ1) is 14.9. The number of hydrogen-bond acceptors (Lipinski definition) is 3. The van der Waals surface area contributed by atoms with Crippen molar-refractivity contribution < 1.29 is 4.79 Å². The molecule has 3 N–H and O–H groups in total. The number of nitrogens with zero attached hydrogens (tertiary/aromatic N) is 1. The maximum atomic E-state index is 11.9. The first-order valence-electron chi connectivity index (χ1n) is 6.96. The fraction of sp³-hybridized carbons (Fsp3) is 0.467. The van der Waals surface area contributed by atoms with Gasteiger partial charge in [-0.2, -0.15) is 0 Å². The maximum Gasteiger partial charge on any atom is 0.225 e. The molecule has 20 heavy (non-hydrogen) atoms. The standard InChI is InChI=1S/C15H21N3OS/c1-11-5-7-18(10-11)8-6-14(19)17-13-4-2-3-12(9-13)15(16)20/h2-4,9,11H,5-8,10H2,1H3,(H2,16,20)(H,17,19). The molecule has 0 aromatic heterocycles. The van der Waals surface area contributed by atoms with Gasteiger partial charge in [-0.05, 0) is 31.0 Å². The number of anilines is 1. The molecule has 0 spiro atoms. The molecular formula is C15H21N3OS. The fourth-order valence-electron chi connectivity index (χ4n) is 2.46. The summed E-state index contributed by atoms with van der Waals surface area (Å²) < 4.78 is 0. The fourth-order valence-corrected chi connectivity index (χ4v) is 2.59. The Kier molecular flexibility index (Phi) is 5.09. The minimum atomic E-state index is 0.0321. The lowest BCUT2D eigenvalue weighted by molar-refractivity contribution is -0.116. The summed E-state index contributed by atoms with van der Waals surface area (Å²) in [6.45, 7) is 5.28. The lowest BCUT2D eigenvalue weighted by Gasteiger charge is -2.14. The molecule has 0 saturated carbocycles. The Bertz CT molecular complexity index is 504. The second-order valence-corrected chi connectivity index (χ2v) is 5.88. The van der Waals surface area contributed by atoms with Gasteiger partial charge in [0.25, 0.3) is 0 Å². The van der Waals surface area contributed by atoms with Gasteiger partial charge >= 0.3 is 0 Å². The van der Waals surface area contributed by atoms with Crippen molar-refractivity contribution in [2.24, 2.45) is 11.7 Å². The summed E-state index contributed by atoms with van der Waals surface area (Å²) in [6, 6.07) is 7.33. The third-order valence-electron chi connectivity index (χ3n) is 3.59. The van der Waals surface area contributed by atoms with Gasteiger partial charge in [-0.3, -0.25) is 4.79 Å². The smallest absolute Gasteiger partial charge is 0.225 e. The molecule has 0 radical (unpaired) electrons. The number of carbonyl (C=O) groups excluding carboxylic acids is 1. The summed E-state index contributed by atoms with van der Waals surface area (Å²) in [5.41, 5.74) is 7.09. The summed E-state index contributed by atoms with van der Waals surface area (Å²) in [5.74, 6) is 0.782. The third-order valence-corrected chi connectivity index (χ3v) is 3.83. The molecule has 1 amide bonds. The van der Waals surface area contributed by atoms with E-state index in [0.29, 0.717) is 11.4 Å². The summed E-state index contributed by atoms with van der Waals surface area (Å²) in [7, 11) is 0. The quantitative estimate of drug-likeness (QED) is 0.815. The number of hydrogen-bond donors (Lipinski definition) is 2. The van der Waals surface area contributed by atoms with Crippen LogP contribution in [0.4, 0.5) is 5.69 Å². The zero-order chi connectivity index (χ0) is 14.5. The Morgan fingerprint density at radius 2 is 2.35 bits per heavy atom. The Hall–Kier alpha value is -1.46.